The second-order valence-corrected chi connectivity index (χ2v) is 8.14. The van der Waals surface area contributed by atoms with Gasteiger partial charge in [-0.3, -0.25) is 4.79 Å². The van der Waals surface area contributed by atoms with Crippen molar-refractivity contribution < 1.29 is 19.1 Å². The molecule has 1 aromatic heterocycles. The molecule has 0 N–H and O–H groups in total. The van der Waals surface area contributed by atoms with E-state index in [1.807, 2.05) is 68.4 Å². The van der Waals surface area contributed by atoms with E-state index in [4.69, 9.17) is 9.47 Å². The Morgan fingerprint density at radius 3 is 2.27 bits per heavy atom. The van der Waals surface area contributed by atoms with E-state index in [0.717, 1.165) is 21.6 Å². The molecular weight excluding hydrogens is 396 g/mol. The van der Waals surface area contributed by atoms with Crippen molar-refractivity contribution >= 4 is 23.1 Å². The van der Waals surface area contributed by atoms with Gasteiger partial charge in [0.2, 0.25) is 5.78 Å². The fourth-order valence-electron chi connectivity index (χ4n) is 3.12. The summed E-state index contributed by atoms with van der Waals surface area (Å²) in [5, 5.41) is 0. The molecule has 3 aromatic rings. The Bertz CT molecular complexity index is 1060. The largest absolute Gasteiger partial charge is 0.490 e. The zero-order valence-corrected chi connectivity index (χ0v) is 18.2. The maximum absolute atomic E-state index is 13.1. The minimum Gasteiger partial charge on any atom is -0.490 e. The van der Waals surface area contributed by atoms with Gasteiger partial charge < -0.3 is 9.47 Å². The van der Waals surface area contributed by atoms with Crippen LogP contribution < -0.4 is 4.74 Å². The van der Waals surface area contributed by atoms with Crippen molar-refractivity contribution in [3.8, 4) is 16.2 Å². The van der Waals surface area contributed by atoms with E-state index in [0.29, 0.717) is 21.8 Å². The van der Waals surface area contributed by atoms with Crippen LogP contribution in [0.15, 0.2) is 66.7 Å². The highest BCUT2D eigenvalue weighted by Gasteiger charge is 2.18. The number of aryl methyl sites for hydroxylation is 2. The van der Waals surface area contributed by atoms with Gasteiger partial charge in [-0.05, 0) is 61.7 Å². The number of carbonyl (C=O) groups excluding carboxylic acids is 2. The predicted octanol–water partition coefficient (Wildman–Crippen LogP) is 5.76. The molecule has 154 valence electrons. The number of carbonyl (C=O) groups is 2. The molecule has 0 radical (unpaired) electrons. The molecule has 0 bridgehead atoms. The molecule has 0 atom stereocenters. The minimum absolute atomic E-state index is 0.0131. The van der Waals surface area contributed by atoms with Gasteiger partial charge in [-0.2, -0.15) is 0 Å². The lowest BCUT2D eigenvalue weighted by molar-refractivity contribution is -0.139. The Balaban J connectivity index is 1.71. The lowest BCUT2D eigenvalue weighted by Gasteiger charge is -2.13. The van der Waals surface area contributed by atoms with Gasteiger partial charge in [0.15, 0.2) is 0 Å². The monoisotopic (exact) mass is 420 g/mol. The minimum atomic E-state index is -0.433. The topological polar surface area (TPSA) is 52.6 Å². The number of hydrogen-bond acceptors (Lipinski definition) is 5. The molecule has 4 nitrogen and oxygen atoms in total. The Morgan fingerprint density at radius 2 is 1.63 bits per heavy atom. The molecule has 30 heavy (non-hydrogen) atoms. The molecule has 0 aliphatic heterocycles. The number of thiophene rings is 1. The van der Waals surface area contributed by atoms with Gasteiger partial charge in [-0.1, -0.05) is 36.9 Å². The van der Waals surface area contributed by atoms with Crippen molar-refractivity contribution in [2.24, 2.45) is 0 Å². The van der Waals surface area contributed by atoms with Gasteiger partial charge >= 0.3 is 5.97 Å². The first-order valence-corrected chi connectivity index (χ1v) is 10.4. The second kappa shape index (κ2) is 9.55. The summed E-state index contributed by atoms with van der Waals surface area (Å²) >= 11 is 1.50. The van der Waals surface area contributed by atoms with Crippen LogP contribution in [0.2, 0.25) is 0 Å². The van der Waals surface area contributed by atoms with Crippen LogP contribution in [0, 0.1) is 13.8 Å². The number of rotatable bonds is 8. The Morgan fingerprint density at radius 1 is 0.967 bits per heavy atom. The van der Waals surface area contributed by atoms with Crippen molar-refractivity contribution in [3.05, 3.63) is 88.3 Å². The summed E-state index contributed by atoms with van der Waals surface area (Å²) in [4.78, 5) is 26.3. The van der Waals surface area contributed by atoms with Crippen molar-refractivity contribution in [1.29, 1.82) is 0 Å². The maximum atomic E-state index is 13.1. The lowest BCUT2D eigenvalue weighted by atomic mass is 9.98. The van der Waals surface area contributed by atoms with Crippen molar-refractivity contribution in [1.82, 2.24) is 0 Å². The van der Waals surface area contributed by atoms with Crippen LogP contribution in [0.3, 0.4) is 0 Å². The Kier molecular flexibility index (Phi) is 6.85. The summed E-state index contributed by atoms with van der Waals surface area (Å²) in [5.74, 6) is 0.223. The Labute approximate surface area is 180 Å². The number of hydrogen-bond donors (Lipinski definition) is 0. The van der Waals surface area contributed by atoms with E-state index in [-0.39, 0.29) is 19.0 Å². The van der Waals surface area contributed by atoms with Gasteiger partial charge in [-0.15, -0.1) is 11.3 Å². The number of ketones is 1. The predicted molar refractivity (Wildman–Crippen MR) is 120 cm³/mol. The van der Waals surface area contributed by atoms with Crippen molar-refractivity contribution in [2.75, 3.05) is 13.2 Å². The smallest absolute Gasteiger partial charge is 0.333 e. The summed E-state index contributed by atoms with van der Waals surface area (Å²) in [5.41, 5.74) is 3.85. The highest BCUT2D eigenvalue weighted by molar-refractivity contribution is 7.17. The van der Waals surface area contributed by atoms with Crippen LogP contribution in [0.4, 0.5) is 0 Å². The average Bonchev–Trinajstić information content (AvgIpc) is 3.21. The molecule has 0 spiro atoms. The zero-order valence-electron chi connectivity index (χ0n) is 17.4. The highest BCUT2D eigenvalue weighted by atomic mass is 32.1. The third-order valence-corrected chi connectivity index (χ3v) is 5.69. The van der Waals surface area contributed by atoms with E-state index >= 15 is 0 Å². The molecule has 0 fully saturated rings. The molecule has 0 unspecified atom stereocenters. The molecular formula is C25H24O4S. The van der Waals surface area contributed by atoms with Crippen LogP contribution in [0.1, 0.15) is 33.3 Å². The summed E-state index contributed by atoms with van der Waals surface area (Å²) in [6.45, 7) is 9.32. The molecule has 0 aliphatic carbocycles. The van der Waals surface area contributed by atoms with E-state index in [9.17, 15) is 9.59 Å². The summed E-state index contributed by atoms with van der Waals surface area (Å²) < 4.78 is 10.7. The SMILES string of the molecule is C=C(C)C(=O)OCCOc1cc(C)c(C(=O)c2ccc(-c3ccccc3)s2)c(C)c1. The van der Waals surface area contributed by atoms with E-state index in [1.165, 1.54) is 11.3 Å². The lowest BCUT2D eigenvalue weighted by Crippen LogP contribution is -2.13. The fourth-order valence-corrected chi connectivity index (χ4v) is 4.08. The molecule has 0 saturated heterocycles. The van der Waals surface area contributed by atoms with Gasteiger partial charge in [0.1, 0.15) is 19.0 Å². The van der Waals surface area contributed by atoms with Gasteiger partial charge in [-0.25, -0.2) is 4.79 Å². The van der Waals surface area contributed by atoms with Crippen molar-refractivity contribution in [3.63, 3.8) is 0 Å². The van der Waals surface area contributed by atoms with Crippen LogP contribution in [-0.2, 0) is 9.53 Å². The molecule has 0 aliphatic rings. The van der Waals surface area contributed by atoms with Crippen LogP contribution >= 0.6 is 11.3 Å². The standard InChI is InChI=1S/C25H24O4S/c1-16(2)25(27)29-13-12-28-20-14-17(3)23(18(4)15-20)24(26)22-11-10-21(30-22)19-8-6-5-7-9-19/h5-11,14-15H,1,12-13H2,2-4H3. The number of ether oxygens (including phenoxy) is 2. The summed E-state index contributed by atoms with van der Waals surface area (Å²) in [7, 11) is 0. The maximum Gasteiger partial charge on any atom is 0.333 e. The van der Waals surface area contributed by atoms with Crippen LogP contribution in [0.25, 0.3) is 10.4 Å². The van der Waals surface area contributed by atoms with Gasteiger partial charge in [0.25, 0.3) is 0 Å². The molecule has 1 heterocycles. The molecule has 0 amide bonds. The fraction of sp³-hybridized carbons (Fsp3) is 0.200. The number of esters is 1. The summed E-state index contributed by atoms with van der Waals surface area (Å²) in [6, 6.07) is 17.6. The third kappa shape index (κ3) is 5.05. The average molecular weight is 421 g/mol. The van der Waals surface area contributed by atoms with Crippen LogP contribution in [-0.4, -0.2) is 25.0 Å². The molecule has 3 rings (SSSR count). The first-order valence-electron chi connectivity index (χ1n) is 9.63. The van der Waals surface area contributed by atoms with Gasteiger partial charge in [0.05, 0.1) is 4.88 Å². The first-order chi connectivity index (χ1) is 14.4. The second-order valence-electron chi connectivity index (χ2n) is 7.06. The number of benzene rings is 2. The summed E-state index contributed by atoms with van der Waals surface area (Å²) in [6.07, 6.45) is 0. The molecule has 5 heteroatoms. The van der Waals surface area contributed by atoms with E-state index in [2.05, 4.69) is 6.58 Å². The van der Waals surface area contributed by atoms with E-state index in [1.54, 1.807) is 6.92 Å². The first kappa shape index (κ1) is 21.5. The van der Waals surface area contributed by atoms with Crippen molar-refractivity contribution in [2.45, 2.75) is 20.8 Å². The molecule has 2 aromatic carbocycles. The Hall–Kier alpha value is -3.18. The zero-order chi connectivity index (χ0) is 21.7. The van der Waals surface area contributed by atoms with Crippen LogP contribution in [0.5, 0.6) is 5.75 Å². The highest BCUT2D eigenvalue weighted by Crippen LogP contribution is 2.31. The van der Waals surface area contributed by atoms with E-state index < -0.39 is 5.97 Å². The molecule has 0 saturated carbocycles. The normalized spacial score (nSPS) is 10.5. The quantitative estimate of drug-likeness (QED) is 0.201. The van der Waals surface area contributed by atoms with Gasteiger partial charge in [0, 0.05) is 16.0 Å². The third-order valence-electron chi connectivity index (χ3n) is 4.56.